The van der Waals surface area contributed by atoms with Crippen molar-refractivity contribution in [2.75, 3.05) is 0 Å². The molecule has 78 valence electrons. The van der Waals surface area contributed by atoms with Gasteiger partial charge in [0.1, 0.15) is 6.10 Å². The summed E-state index contributed by atoms with van der Waals surface area (Å²) in [5, 5.41) is 8.97. The van der Waals surface area contributed by atoms with E-state index >= 15 is 0 Å². The highest BCUT2D eigenvalue weighted by Gasteiger charge is 2.17. The zero-order chi connectivity index (χ0) is 10.7. The Kier molecular flexibility index (Phi) is 4.01. The minimum Gasteiger partial charge on any atom is -0.387 e. The number of rotatable bonds is 3. The third-order valence-electron chi connectivity index (χ3n) is 1.97. The topological polar surface area (TPSA) is 20.2 Å². The predicted molar refractivity (Wildman–Crippen MR) is 54.6 cm³/mol. The van der Waals surface area contributed by atoms with Crippen molar-refractivity contribution in [3.05, 3.63) is 33.8 Å². The molecule has 1 nitrogen and oxygen atoms in total. The Hall–Kier alpha value is -0.480. The fourth-order valence-electron chi connectivity index (χ4n) is 1.09. The average Bonchev–Trinajstić information content (AvgIpc) is 2.11. The second-order valence-corrected chi connectivity index (χ2v) is 4.04. The largest absolute Gasteiger partial charge is 0.387 e. The number of aliphatic hydroxyl groups excluding tert-OH is 1. The van der Waals surface area contributed by atoms with Crippen LogP contribution in [0.5, 0.6) is 0 Å². The maximum Gasteiger partial charge on any atom is 0.264 e. The van der Waals surface area contributed by atoms with Crippen molar-refractivity contribution in [2.45, 2.75) is 25.9 Å². The summed E-state index contributed by atoms with van der Waals surface area (Å²) in [7, 11) is 0. The smallest absolute Gasteiger partial charge is 0.264 e. The van der Waals surface area contributed by atoms with E-state index in [-0.39, 0.29) is 6.42 Å². The Morgan fingerprint density at radius 2 is 2.07 bits per heavy atom. The summed E-state index contributed by atoms with van der Waals surface area (Å²) in [6.45, 7) is 1.91. The minimum atomic E-state index is -2.69. The van der Waals surface area contributed by atoms with Crippen molar-refractivity contribution < 1.29 is 13.9 Å². The Morgan fingerprint density at radius 3 is 2.57 bits per heavy atom. The molecule has 0 bridgehead atoms. The van der Waals surface area contributed by atoms with Crippen LogP contribution in [0, 0.1) is 6.92 Å². The van der Waals surface area contributed by atoms with Gasteiger partial charge in [-0.25, -0.2) is 8.78 Å². The Morgan fingerprint density at radius 1 is 1.43 bits per heavy atom. The maximum atomic E-state index is 12.0. The molecule has 0 saturated carbocycles. The fourth-order valence-corrected chi connectivity index (χ4v) is 1.52. The minimum absolute atomic E-state index is 0.0173. The van der Waals surface area contributed by atoms with Gasteiger partial charge in [0.05, 0.1) is 0 Å². The highest BCUT2D eigenvalue weighted by molar-refractivity contribution is 9.10. The van der Waals surface area contributed by atoms with E-state index in [9.17, 15) is 8.78 Å². The fraction of sp³-hybridized carbons (Fsp3) is 0.400. The molecule has 0 aliphatic rings. The summed E-state index contributed by atoms with van der Waals surface area (Å²) in [5.41, 5.74) is 1.75. The molecular formula is C10H11BrF2O. The molecule has 1 aromatic rings. The van der Waals surface area contributed by atoms with Gasteiger partial charge in [0.15, 0.2) is 0 Å². The van der Waals surface area contributed by atoms with Gasteiger partial charge >= 0.3 is 0 Å². The number of halogens is 3. The summed E-state index contributed by atoms with van der Waals surface area (Å²) in [6, 6.07) is 5.32. The average molecular weight is 265 g/mol. The maximum absolute atomic E-state index is 12.0. The monoisotopic (exact) mass is 264 g/mol. The van der Waals surface area contributed by atoms with Crippen molar-refractivity contribution in [2.24, 2.45) is 0 Å². The van der Waals surface area contributed by atoms with Crippen molar-refractivity contribution >= 4 is 15.9 Å². The first-order valence-corrected chi connectivity index (χ1v) is 5.01. The van der Waals surface area contributed by atoms with Crippen LogP contribution >= 0.6 is 15.9 Å². The first-order chi connectivity index (χ1) is 6.50. The quantitative estimate of drug-likeness (QED) is 0.890. The van der Waals surface area contributed by atoms with Gasteiger partial charge in [0.2, 0.25) is 0 Å². The zero-order valence-corrected chi connectivity index (χ0v) is 9.26. The number of hydrogen-bond donors (Lipinski definition) is 1. The molecule has 0 aliphatic heterocycles. The Balaban J connectivity index is 2.73. The number of benzene rings is 1. The van der Waals surface area contributed by atoms with Gasteiger partial charge < -0.3 is 5.11 Å². The van der Waals surface area contributed by atoms with E-state index in [0.29, 0.717) is 5.56 Å². The van der Waals surface area contributed by atoms with Crippen LogP contribution in [-0.4, -0.2) is 17.6 Å². The lowest BCUT2D eigenvalue weighted by Crippen LogP contribution is -2.20. The van der Waals surface area contributed by atoms with Gasteiger partial charge in [-0.3, -0.25) is 0 Å². The molecule has 0 heterocycles. The normalized spacial score (nSPS) is 13.3. The van der Waals surface area contributed by atoms with E-state index in [0.717, 1.165) is 10.0 Å². The molecule has 1 N–H and O–H groups in total. The zero-order valence-electron chi connectivity index (χ0n) is 7.67. The molecule has 0 fully saturated rings. The van der Waals surface area contributed by atoms with Crippen LogP contribution in [0.4, 0.5) is 8.78 Å². The molecule has 0 aliphatic carbocycles. The molecule has 1 aromatic carbocycles. The van der Waals surface area contributed by atoms with Gasteiger partial charge in [-0.1, -0.05) is 28.1 Å². The molecule has 0 radical (unpaired) electrons. The second kappa shape index (κ2) is 4.84. The van der Waals surface area contributed by atoms with Crippen LogP contribution in [0.15, 0.2) is 22.7 Å². The van der Waals surface area contributed by atoms with Gasteiger partial charge in [0.25, 0.3) is 6.43 Å². The van der Waals surface area contributed by atoms with Crippen LogP contribution < -0.4 is 0 Å². The van der Waals surface area contributed by atoms with Crippen LogP contribution in [0.3, 0.4) is 0 Å². The lowest BCUT2D eigenvalue weighted by Gasteiger charge is -2.10. The van der Waals surface area contributed by atoms with E-state index in [2.05, 4.69) is 15.9 Å². The molecule has 1 rings (SSSR count). The summed E-state index contributed by atoms with van der Waals surface area (Å²) in [5.74, 6) is 0. The van der Waals surface area contributed by atoms with Crippen LogP contribution in [0.25, 0.3) is 0 Å². The number of aryl methyl sites for hydroxylation is 1. The summed E-state index contributed by atoms with van der Waals surface area (Å²) < 4.78 is 24.9. The first kappa shape index (κ1) is 11.6. The first-order valence-electron chi connectivity index (χ1n) is 4.22. The lowest BCUT2D eigenvalue weighted by molar-refractivity contribution is -0.00366. The molecule has 1 unspecified atom stereocenters. The molecule has 0 aromatic heterocycles. The second-order valence-electron chi connectivity index (χ2n) is 3.19. The van der Waals surface area contributed by atoms with Crippen molar-refractivity contribution in [1.29, 1.82) is 0 Å². The van der Waals surface area contributed by atoms with Gasteiger partial charge in [-0.15, -0.1) is 0 Å². The Labute approximate surface area is 89.9 Å². The van der Waals surface area contributed by atoms with E-state index in [1.54, 1.807) is 12.1 Å². The number of aliphatic hydroxyl groups is 1. The van der Waals surface area contributed by atoms with Crippen molar-refractivity contribution in [1.82, 2.24) is 0 Å². The molecule has 0 saturated heterocycles. The van der Waals surface area contributed by atoms with Crippen molar-refractivity contribution in [3.8, 4) is 0 Å². The van der Waals surface area contributed by atoms with Gasteiger partial charge in [0, 0.05) is 10.9 Å². The SMILES string of the molecule is Cc1ccc(CC(O)C(F)F)cc1Br. The van der Waals surface area contributed by atoms with Crippen molar-refractivity contribution in [3.63, 3.8) is 0 Å². The standard InChI is InChI=1S/C10H11BrF2O/c1-6-2-3-7(4-8(6)11)5-9(14)10(12)13/h2-4,9-10,14H,5H2,1H3. The Bertz CT molecular complexity index is 315. The number of hydrogen-bond acceptors (Lipinski definition) is 1. The molecule has 0 spiro atoms. The van der Waals surface area contributed by atoms with E-state index in [1.165, 1.54) is 0 Å². The summed E-state index contributed by atoms with van der Waals surface area (Å²) in [6.07, 6.45) is -4.28. The van der Waals surface area contributed by atoms with Crippen LogP contribution in [0.1, 0.15) is 11.1 Å². The highest BCUT2D eigenvalue weighted by Crippen LogP contribution is 2.19. The predicted octanol–water partition coefficient (Wildman–Crippen LogP) is 2.93. The van der Waals surface area contributed by atoms with E-state index in [4.69, 9.17) is 5.11 Å². The van der Waals surface area contributed by atoms with E-state index in [1.807, 2.05) is 13.0 Å². The van der Waals surface area contributed by atoms with Crippen LogP contribution in [0.2, 0.25) is 0 Å². The molecule has 0 amide bonds. The van der Waals surface area contributed by atoms with E-state index < -0.39 is 12.5 Å². The summed E-state index contributed by atoms with van der Waals surface area (Å²) >= 11 is 3.30. The highest BCUT2D eigenvalue weighted by atomic mass is 79.9. The number of alkyl halides is 2. The summed E-state index contributed by atoms with van der Waals surface area (Å²) in [4.78, 5) is 0. The van der Waals surface area contributed by atoms with Crippen LogP contribution in [-0.2, 0) is 6.42 Å². The van der Waals surface area contributed by atoms with Gasteiger partial charge in [-0.2, -0.15) is 0 Å². The molecule has 4 heteroatoms. The third kappa shape index (κ3) is 3.03. The third-order valence-corrected chi connectivity index (χ3v) is 2.83. The van der Waals surface area contributed by atoms with Gasteiger partial charge in [-0.05, 0) is 24.1 Å². The molecule has 14 heavy (non-hydrogen) atoms. The molecular weight excluding hydrogens is 254 g/mol. The molecule has 1 atom stereocenters. The lowest BCUT2D eigenvalue weighted by atomic mass is 10.1.